The highest BCUT2D eigenvalue weighted by Gasteiger charge is 2.20. The van der Waals surface area contributed by atoms with Crippen LogP contribution in [0.5, 0.6) is 11.8 Å². The van der Waals surface area contributed by atoms with Crippen LogP contribution in [0.2, 0.25) is 0 Å². The van der Waals surface area contributed by atoms with Crippen LogP contribution in [0.15, 0.2) is 96.1 Å². The Kier molecular flexibility index (Phi) is 9.57. The summed E-state index contributed by atoms with van der Waals surface area (Å²) < 4.78 is 12.7. The van der Waals surface area contributed by atoms with Gasteiger partial charge in [0, 0.05) is 11.1 Å². The summed E-state index contributed by atoms with van der Waals surface area (Å²) in [5, 5.41) is 23.8. The minimum absolute atomic E-state index is 0.000290. The summed E-state index contributed by atoms with van der Waals surface area (Å²) in [7, 11) is 0. The second-order valence-corrected chi connectivity index (χ2v) is 9.94. The summed E-state index contributed by atoms with van der Waals surface area (Å²) in [6.45, 7) is 2.04. The molecule has 0 radical (unpaired) electrons. The monoisotopic (exact) mass is 639 g/mol. The van der Waals surface area contributed by atoms with Gasteiger partial charge in [-0.1, -0.05) is 72.8 Å². The number of hydrogen-bond donors (Lipinski definition) is 3. The fourth-order valence-electron chi connectivity index (χ4n) is 4.85. The minimum Gasteiger partial charge on any atom is -0.478 e. The highest BCUT2D eigenvalue weighted by molar-refractivity contribution is 6.04. The number of nitrogens with two attached hydrogens (primary N) is 2. The molecule has 5 N–H and O–H groups in total. The van der Waals surface area contributed by atoms with Gasteiger partial charge >= 0.3 is 12.1 Å². The fraction of sp³-hybridized carbons (Fsp3) is 0.125. The first kappa shape index (κ1) is 31.9. The number of aromatic nitrogens is 2. The molecule has 47 heavy (non-hydrogen) atoms. The molecular weight excluding hydrogens is 610 g/mol. The van der Waals surface area contributed by atoms with E-state index in [0.29, 0.717) is 46.4 Å². The Bertz CT molecular complexity index is 1970. The first-order valence-electron chi connectivity index (χ1n) is 14.2. The zero-order chi connectivity index (χ0) is 33.5. The molecule has 1 heterocycles. The molecule has 0 fully saturated rings. The van der Waals surface area contributed by atoms with Crippen molar-refractivity contribution in [2.45, 2.75) is 20.1 Å². The van der Waals surface area contributed by atoms with E-state index in [9.17, 15) is 24.8 Å². The Morgan fingerprint density at radius 3 is 2.43 bits per heavy atom. The third-order valence-corrected chi connectivity index (χ3v) is 6.94. The Morgan fingerprint density at radius 1 is 1.00 bits per heavy atom. The van der Waals surface area contributed by atoms with Gasteiger partial charge in [0.1, 0.15) is 12.4 Å². The first-order valence-corrected chi connectivity index (χ1v) is 14.2. The summed E-state index contributed by atoms with van der Waals surface area (Å²) in [4.78, 5) is 44.1. The summed E-state index contributed by atoms with van der Waals surface area (Å²) in [5.74, 6) is 4.70. The molecule has 1 amide bonds. The van der Waals surface area contributed by atoms with Gasteiger partial charge in [-0.15, -0.1) is 20.3 Å². The molecule has 1 aromatic heterocycles. The van der Waals surface area contributed by atoms with Gasteiger partial charge in [0.25, 0.3) is 11.1 Å². The van der Waals surface area contributed by atoms with E-state index in [-0.39, 0.29) is 22.7 Å². The number of carbonyl (C=O) groups is 2. The number of carboxylic acids is 1. The molecular formula is C32H29N7O8. The number of hydrazine groups is 1. The third kappa shape index (κ3) is 7.26. The second-order valence-electron chi connectivity index (χ2n) is 9.94. The van der Waals surface area contributed by atoms with Crippen molar-refractivity contribution in [3.8, 4) is 22.9 Å². The molecule has 0 aliphatic carbocycles. The van der Waals surface area contributed by atoms with Crippen molar-refractivity contribution in [2.75, 3.05) is 6.61 Å². The number of amidine groups is 1. The zero-order valence-corrected chi connectivity index (χ0v) is 25.0. The van der Waals surface area contributed by atoms with E-state index in [1.807, 2.05) is 43.3 Å². The molecule has 15 heteroatoms. The average molecular weight is 640 g/mol. The van der Waals surface area contributed by atoms with E-state index in [4.69, 9.17) is 21.1 Å². The van der Waals surface area contributed by atoms with Gasteiger partial charge in [0.15, 0.2) is 5.84 Å². The quantitative estimate of drug-likeness (QED) is 0.0430. The number of ether oxygens (including phenoxy) is 2. The molecule has 0 aliphatic rings. The summed E-state index contributed by atoms with van der Waals surface area (Å²) in [6, 6.07) is 25.9. The maximum absolute atomic E-state index is 12.7. The molecule has 0 aliphatic heterocycles. The lowest BCUT2D eigenvalue weighted by Gasteiger charge is -2.15. The number of carbonyl (C=O) groups excluding carboxylic acids is 1. The van der Waals surface area contributed by atoms with Crippen LogP contribution < -0.4 is 21.1 Å². The molecule has 5 aromatic rings. The number of hydrazone groups is 1. The Labute approximate surface area is 267 Å². The van der Waals surface area contributed by atoms with E-state index in [0.717, 1.165) is 11.1 Å². The standard InChI is InChI=1S/C32H29N7O8/c1-2-45-31-35-26-12-7-11-25(30(40)41)28(26)37(31)18-20-14-16-21(17-15-20)23-9-4-5-10-24(23)29(33)36-38(34)32(42)47-27-13-6-3-8-22(27)19-46-39(43)44/h3-17H,2,18-19,34H2,1H3,(H2,33,36)(H,40,41). The van der Waals surface area contributed by atoms with Gasteiger partial charge in [0.2, 0.25) is 0 Å². The molecule has 0 unspecified atom stereocenters. The molecule has 0 spiro atoms. The van der Waals surface area contributed by atoms with Crippen molar-refractivity contribution in [3.63, 3.8) is 0 Å². The summed E-state index contributed by atoms with van der Waals surface area (Å²) in [5.41, 5.74) is 10.4. The Morgan fingerprint density at radius 2 is 1.70 bits per heavy atom. The first-order chi connectivity index (χ1) is 22.7. The van der Waals surface area contributed by atoms with E-state index < -0.39 is 23.8 Å². The minimum atomic E-state index is -1.09. The van der Waals surface area contributed by atoms with E-state index in [2.05, 4.69) is 14.9 Å². The summed E-state index contributed by atoms with van der Waals surface area (Å²) >= 11 is 0. The maximum atomic E-state index is 12.7. The molecule has 15 nitrogen and oxygen atoms in total. The van der Waals surface area contributed by atoms with Gasteiger partial charge in [0.05, 0.1) is 29.7 Å². The third-order valence-electron chi connectivity index (χ3n) is 6.94. The number of imidazole rings is 1. The molecule has 5 rings (SSSR count). The van der Waals surface area contributed by atoms with E-state index in [1.54, 1.807) is 41.0 Å². The smallest absolute Gasteiger partial charge is 0.451 e. The number of amides is 1. The van der Waals surface area contributed by atoms with Gasteiger partial charge < -0.3 is 25.2 Å². The number of benzene rings is 4. The van der Waals surface area contributed by atoms with Crippen LogP contribution in [0.4, 0.5) is 4.79 Å². The Hall–Kier alpha value is -6.48. The van der Waals surface area contributed by atoms with Crippen molar-refractivity contribution in [3.05, 3.63) is 123 Å². The maximum Gasteiger partial charge on any atom is 0.451 e. The van der Waals surface area contributed by atoms with Gasteiger partial charge in [-0.2, -0.15) is 4.98 Å². The largest absolute Gasteiger partial charge is 0.478 e. The normalized spacial score (nSPS) is 11.2. The topological polar surface area (TPSA) is 211 Å². The predicted molar refractivity (Wildman–Crippen MR) is 170 cm³/mol. The number of hydrogen-bond acceptors (Lipinski definition) is 10. The number of fused-ring (bicyclic) bond motifs is 1. The second kappa shape index (κ2) is 14.1. The summed E-state index contributed by atoms with van der Waals surface area (Å²) in [6.07, 6.45) is -1.09. The average Bonchev–Trinajstić information content (AvgIpc) is 3.41. The van der Waals surface area contributed by atoms with Crippen molar-refractivity contribution < 1.29 is 34.1 Å². The van der Waals surface area contributed by atoms with Crippen LogP contribution in [-0.4, -0.2) is 49.4 Å². The van der Waals surface area contributed by atoms with Crippen molar-refractivity contribution in [1.82, 2.24) is 14.7 Å². The van der Waals surface area contributed by atoms with Crippen LogP contribution in [0.3, 0.4) is 0 Å². The molecule has 0 saturated carbocycles. The van der Waals surface area contributed by atoms with Crippen molar-refractivity contribution >= 4 is 28.9 Å². The van der Waals surface area contributed by atoms with Crippen LogP contribution >= 0.6 is 0 Å². The zero-order valence-electron chi connectivity index (χ0n) is 25.0. The highest BCUT2D eigenvalue weighted by Crippen LogP contribution is 2.28. The highest BCUT2D eigenvalue weighted by atomic mass is 16.9. The van der Waals surface area contributed by atoms with E-state index in [1.165, 1.54) is 18.2 Å². The van der Waals surface area contributed by atoms with Crippen molar-refractivity contribution in [2.24, 2.45) is 16.7 Å². The molecule has 4 aromatic carbocycles. The number of rotatable bonds is 12. The number of carboxylic acid groups (broad SMARTS) is 1. The lowest BCUT2D eigenvalue weighted by molar-refractivity contribution is -0.763. The lowest BCUT2D eigenvalue weighted by Crippen LogP contribution is -2.37. The Balaban J connectivity index is 1.37. The lowest BCUT2D eigenvalue weighted by atomic mass is 9.98. The molecule has 240 valence electrons. The van der Waals surface area contributed by atoms with Crippen LogP contribution in [0.25, 0.3) is 22.2 Å². The van der Waals surface area contributed by atoms with Crippen molar-refractivity contribution in [1.29, 1.82) is 0 Å². The fourth-order valence-corrected chi connectivity index (χ4v) is 4.85. The number of nitrogens with zero attached hydrogens (tertiary/aromatic N) is 5. The van der Waals surface area contributed by atoms with Gasteiger partial charge in [-0.05, 0) is 41.8 Å². The van der Waals surface area contributed by atoms with Crippen LogP contribution in [0, 0.1) is 10.1 Å². The van der Waals surface area contributed by atoms with Crippen LogP contribution in [0.1, 0.15) is 34.0 Å². The SMILES string of the molecule is CCOc1nc2cccc(C(=O)O)c2n1Cc1ccc(-c2ccccc2/C(N)=N/N(N)C(=O)Oc2ccccc2CO[N+](=O)[O-])cc1. The van der Waals surface area contributed by atoms with Crippen LogP contribution in [-0.2, 0) is 18.0 Å². The predicted octanol–water partition coefficient (Wildman–Crippen LogP) is 4.55. The number of aromatic carboxylic acids is 1. The van der Waals surface area contributed by atoms with E-state index >= 15 is 0 Å². The molecule has 0 atom stereocenters. The van der Waals surface area contributed by atoms with Gasteiger partial charge in [-0.25, -0.2) is 15.4 Å². The number of para-hydroxylation sites is 2. The molecule has 0 bridgehead atoms. The van der Waals surface area contributed by atoms with Gasteiger partial charge in [-0.3, -0.25) is 4.57 Å². The molecule has 0 saturated heterocycles.